The predicted molar refractivity (Wildman–Crippen MR) is 82.7 cm³/mol. The van der Waals surface area contributed by atoms with Crippen molar-refractivity contribution in [3.05, 3.63) is 35.6 Å². The normalized spacial score (nSPS) is 12.8. The van der Waals surface area contributed by atoms with Crippen molar-refractivity contribution in [3.8, 4) is 0 Å². The van der Waals surface area contributed by atoms with E-state index in [4.69, 9.17) is 10.2 Å². The molecule has 1 atom stereocenters. The third-order valence-corrected chi connectivity index (χ3v) is 3.46. The van der Waals surface area contributed by atoms with Crippen LogP contribution in [0.1, 0.15) is 31.4 Å². The average Bonchev–Trinajstić information content (AvgIpc) is 2.47. The highest BCUT2D eigenvalue weighted by Gasteiger charge is 2.13. The molecule has 0 spiro atoms. The van der Waals surface area contributed by atoms with Gasteiger partial charge in [-0.3, -0.25) is 4.90 Å². The second-order valence-corrected chi connectivity index (χ2v) is 5.14. The van der Waals surface area contributed by atoms with E-state index in [1.807, 2.05) is 11.0 Å². The lowest BCUT2D eigenvalue weighted by Crippen LogP contribution is -2.33. The molecule has 0 aliphatic rings. The van der Waals surface area contributed by atoms with Gasteiger partial charge in [0.15, 0.2) is 0 Å². The number of rotatable bonds is 11. The van der Waals surface area contributed by atoms with Crippen LogP contribution in [0.4, 0.5) is 4.39 Å². The van der Waals surface area contributed by atoms with Gasteiger partial charge in [0.1, 0.15) is 5.82 Å². The lowest BCUT2D eigenvalue weighted by atomic mass is 10.0. The van der Waals surface area contributed by atoms with Gasteiger partial charge in [-0.25, -0.2) is 4.39 Å². The predicted octanol–water partition coefficient (Wildman–Crippen LogP) is 1.54. The molecule has 1 unspecified atom stereocenters. The molecule has 0 heterocycles. The molecule has 0 fully saturated rings. The van der Waals surface area contributed by atoms with Crippen molar-refractivity contribution in [1.82, 2.24) is 10.2 Å². The third kappa shape index (κ3) is 7.00. The van der Waals surface area contributed by atoms with Gasteiger partial charge in [0, 0.05) is 25.7 Å². The highest BCUT2D eigenvalue weighted by Crippen LogP contribution is 2.18. The topological polar surface area (TPSA) is 55.7 Å². The lowest BCUT2D eigenvalue weighted by Gasteiger charge is -2.25. The van der Waals surface area contributed by atoms with Crippen LogP contribution in [0.15, 0.2) is 24.3 Å². The van der Waals surface area contributed by atoms with Crippen LogP contribution in [0, 0.1) is 5.82 Å². The number of nitrogens with zero attached hydrogens (tertiary/aromatic N) is 1. The fourth-order valence-corrected chi connectivity index (χ4v) is 2.36. The van der Waals surface area contributed by atoms with Crippen LogP contribution in [-0.4, -0.2) is 54.5 Å². The van der Waals surface area contributed by atoms with Crippen LogP contribution in [0.3, 0.4) is 0 Å². The number of nitrogens with one attached hydrogen (secondary N) is 1. The van der Waals surface area contributed by atoms with Gasteiger partial charge in [-0.15, -0.1) is 0 Å². The highest BCUT2D eigenvalue weighted by molar-refractivity contribution is 5.20. The fraction of sp³-hybridized carbons (Fsp3) is 0.625. The van der Waals surface area contributed by atoms with Crippen LogP contribution in [0.25, 0.3) is 0 Å². The number of halogens is 1. The Hall–Kier alpha value is -1.01. The van der Waals surface area contributed by atoms with E-state index < -0.39 is 0 Å². The minimum atomic E-state index is -0.224. The van der Waals surface area contributed by atoms with Crippen molar-refractivity contribution in [3.63, 3.8) is 0 Å². The first-order chi connectivity index (χ1) is 10.2. The van der Waals surface area contributed by atoms with Crippen molar-refractivity contribution in [1.29, 1.82) is 0 Å². The Morgan fingerprint density at radius 2 is 1.90 bits per heavy atom. The molecule has 4 nitrogen and oxygen atoms in total. The Morgan fingerprint density at radius 3 is 2.48 bits per heavy atom. The molecule has 1 rings (SSSR count). The number of benzene rings is 1. The van der Waals surface area contributed by atoms with Gasteiger partial charge in [-0.2, -0.15) is 0 Å². The van der Waals surface area contributed by atoms with E-state index in [1.165, 1.54) is 6.07 Å². The Kier molecular flexibility index (Phi) is 9.17. The van der Waals surface area contributed by atoms with Crippen LogP contribution >= 0.6 is 0 Å². The summed E-state index contributed by atoms with van der Waals surface area (Å²) in [6, 6.07) is 6.75. The van der Waals surface area contributed by atoms with Crippen molar-refractivity contribution >= 4 is 0 Å². The molecule has 0 aromatic heterocycles. The molecule has 0 aliphatic carbocycles. The van der Waals surface area contributed by atoms with Crippen molar-refractivity contribution < 1.29 is 14.6 Å². The summed E-state index contributed by atoms with van der Waals surface area (Å²) in [6.07, 6.45) is 1.83. The summed E-state index contributed by atoms with van der Waals surface area (Å²) in [5.74, 6) is -0.224. The Balaban J connectivity index is 2.64. The summed E-state index contributed by atoms with van der Waals surface area (Å²) >= 11 is 0. The van der Waals surface area contributed by atoms with Gasteiger partial charge in [-0.1, -0.05) is 19.1 Å². The first-order valence-electron chi connectivity index (χ1n) is 7.64. The van der Waals surface area contributed by atoms with Crippen LogP contribution in [-0.2, 0) is 0 Å². The maximum Gasteiger partial charge on any atom is 0.123 e. The van der Waals surface area contributed by atoms with E-state index >= 15 is 0 Å². The Labute approximate surface area is 126 Å². The number of hydrogen-bond acceptors (Lipinski definition) is 4. The quantitative estimate of drug-likeness (QED) is 0.580. The van der Waals surface area contributed by atoms with Crippen molar-refractivity contribution in [2.24, 2.45) is 0 Å². The molecule has 0 saturated carbocycles. The van der Waals surface area contributed by atoms with Crippen LogP contribution in [0.2, 0.25) is 0 Å². The molecule has 3 N–H and O–H groups in total. The molecular formula is C16H27FN2O2. The molecule has 0 aliphatic heterocycles. The summed E-state index contributed by atoms with van der Waals surface area (Å²) in [4.78, 5) is 2.01. The Bertz CT molecular complexity index is 384. The van der Waals surface area contributed by atoms with E-state index in [2.05, 4.69) is 12.2 Å². The van der Waals surface area contributed by atoms with E-state index in [0.29, 0.717) is 13.1 Å². The zero-order valence-electron chi connectivity index (χ0n) is 12.8. The van der Waals surface area contributed by atoms with Crippen LogP contribution in [0.5, 0.6) is 0 Å². The number of aliphatic hydroxyl groups excluding tert-OH is 2. The maximum absolute atomic E-state index is 13.4. The monoisotopic (exact) mass is 298 g/mol. The average molecular weight is 298 g/mol. The molecule has 0 radical (unpaired) electrons. The minimum Gasteiger partial charge on any atom is -0.395 e. The van der Waals surface area contributed by atoms with Crippen LogP contribution < -0.4 is 5.32 Å². The molecule has 1 aromatic carbocycles. The summed E-state index contributed by atoms with van der Waals surface area (Å²) in [6.45, 7) is 4.97. The van der Waals surface area contributed by atoms with Gasteiger partial charge in [-0.05, 0) is 37.1 Å². The molecule has 5 heteroatoms. The van der Waals surface area contributed by atoms with E-state index in [9.17, 15) is 4.39 Å². The first-order valence-corrected chi connectivity index (χ1v) is 7.64. The van der Waals surface area contributed by atoms with Gasteiger partial charge < -0.3 is 15.5 Å². The second kappa shape index (κ2) is 10.7. The third-order valence-electron chi connectivity index (χ3n) is 3.46. The lowest BCUT2D eigenvalue weighted by molar-refractivity contribution is 0.156. The molecule has 21 heavy (non-hydrogen) atoms. The summed E-state index contributed by atoms with van der Waals surface area (Å²) in [5, 5.41) is 21.5. The maximum atomic E-state index is 13.4. The van der Waals surface area contributed by atoms with E-state index in [0.717, 1.165) is 31.5 Å². The standard InChI is InChI=1S/C16H27FN2O2/c1-2-7-18-16(14-4-3-5-15(17)13-14)6-8-19(9-11-20)10-12-21/h3-5,13,16,18,20-21H,2,6-12H2,1H3. The number of hydrogen-bond donors (Lipinski definition) is 3. The molecule has 0 bridgehead atoms. The molecule has 0 saturated heterocycles. The summed E-state index contributed by atoms with van der Waals surface area (Å²) in [5.41, 5.74) is 0.941. The highest BCUT2D eigenvalue weighted by atomic mass is 19.1. The van der Waals surface area contributed by atoms with Gasteiger partial charge >= 0.3 is 0 Å². The molecular weight excluding hydrogens is 271 g/mol. The summed E-state index contributed by atoms with van der Waals surface area (Å²) < 4.78 is 13.4. The van der Waals surface area contributed by atoms with Gasteiger partial charge in [0.05, 0.1) is 13.2 Å². The molecule has 120 valence electrons. The SMILES string of the molecule is CCCNC(CCN(CCO)CCO)c1cccc(F)c1. The summed E-state index contributed by atoms with van der Waals surface area (Å²) in [7, 11) is 0. The molecule has 0 amide bonds. The zero-order chi connectivity index (χ0) is 15.5. The largest absolute Gasteiger partial charge is 0.395 e. The van der Waals surface area contributed by atoms with E-state index in [-0.39, 0.29) is 25.1 Å². The fourth-order valence-electron chi connectivity index (χ4n) is 2.36. The zero-order valence-corrected chi connectivity index (χ0v) is 12.8. The number of aliphatic hydroxyl groups is 2. The Morgan fingerprint density at radius 1 is 1.19 bits per heavy atom. The first kappa shape index (κ1) is 18.0. The van der Waals surface area contributed by atoms with Crippen molar-refractivity contribution in [2.45, 2.75) is 25.8 Å². The second-order valence-electron chi connectivity index (χ2n) is 5.14. The molecule has 1 aromatic rings. The smallest absolute Gasteiger partial charge is 0.123 e. The van der Waals surface area contributed by atoms with Crippen molar-refractivity contribution in [2.75, 3.05) is 39.4 Å². The van der Waals surface area contributed by atoms with Gasteiger partial charge in [0.25, 0.3) is 0 Å². The van der Waals surface area contributed by atoms with E-state index in [1.54, 1.807) is 12.1 Å². The minimum absolute atomic E-state index is 0.0764. The van der Waals surface area contributed by atoms with Gasteiger partial charge in [0.2, 0.25) is 0 Å².